The molecular weight excluding hydrogens is 435 g/mol. The number of fused-ring (bicyclic) bond motifs is 1. The molecule has 1 saturated carbocycles. The Morgan fingerprint density at radius 3 is 2.69 bits per heavy atom. The van der Waals surface area contributed by atoms with Crippen LogP contribution in [-0.4, -0.2) is 30.6 Å². The van der Waals surface area contributed by atoms with Crippen molar-refractivity contribution in [3.05, 3.63) is 76.2 Å². The maximum atomic E-state index is 14.9. The molecule has 0 bridgehead atoms. The molecule has 0 amide bonds. The molecule has 4 nitrogen and oxygen atoms in total. The van der Waals surface area contributed by atoms with Crippen LogP contribution < -0.4 is 16.4 Å². The summed E-state index contributed by atoms with van der Waals surface area (Å²) in [6.45, 7) is 6.71. The van der Waals surface area contributed by atoms with Crippen molar-refractivity contribution in [3.63, 3.8) is 0 Å². The van der Waals surface area contributed by atoms with Gasteiger partial charge in [-0.2, -0.15) is 0 Å². The summed E-state index contributed by atoms with van der Waals surface area (Å²) in [7, 11) is 0. The maximum Gasteiger partial charge on any atom is 0.149 e. The van der Waals surface area contributed by atoms with Crippen molar-refractivity contribution in [3.8, 4) is 0 Å². The lowest BCUT2D eigenvalue weighted by Gasteiger charge is -2.36. The number of nitrogens with one attached hydrogen (secondary N) is 2. The Balaban J connectivity index is 1.45. The molecule has 0 radical (unpaired) electrons. The molecule has 35 heavy (non-hydrogen) atoms. The number of aryl methyl sites for hydroxylation is 1. The predicted molar refractivity (Wildman–Crippen MR) is 144 cm³/mol. The lowest BCUT2D eigenvalue weighted by Crippen LogP contribution is -2.39. The minimum Gasteiger partial charge on any atom is -0.401 e. The minimum atomic E-state index is -0.175. The lowest BCUT2D eigenvalue weighted by atomic mass is 9.89. The highest BCUT2D eigenvalue weighted by Gasteiger charge is 2.26. The summed E-state index contributed by atoms with van der Waals surface area (Å²) in [5.41, 5.74) is 14.3. The van der Waals surface area contributed by atoms with E-state index in [2.05, 4.69) is 39.8 Å². The Bertz CT molecular complexity index is 1130. The first-order valence-electron chi connectivity index (χ1n) is 13.3. The zero-order chi connectivity index (χ0) is 24.4. The molecule has 1 atom stereocenters. The van der Waals surface area contributed by atoms with E-state index >= 15 is 0 Å². The standard InChI is InChI=1S/C30H39FN4/c1-20-7-6-10-28(29(20)31)34-27-13-16-33-30(21(2)32)25-12-11-23(19-26(25)27)22-14-17-35(18-15-22)24-8-4-3-5-9-24/h6-7,10-12,14,19,24,27,33-34H,3-5,8-9,13,15-18,32H2,1-2H3/b30-21-. The third-order valence-corrected chi connectivity index (χ3v) is 8.05. The molecule has 2 aromatic carbocycles. The molecule has 2 heterocycles. The number of nitrogens with zero attached hydrogens (tertiary/aromatic N) is 1. The average Bonchev–Trinajstić information content (AvgIpc) is 3.06. The van der Waals surface area contributed by atoms with Crippen LogP contribution in [0.25, 0.3) is 11.3 Å². The van der Waals surface area contributed by atoms with Gasteiger partial charge in [-0.15, -0.1) is 0 Å². The topological polar surface area (TPSA) is 53.3 Å². The maximum absolute atomic E-state index is 14.9. The van der Waals surface area contributed by atoms with Gasteiger partial charge in [-0.05, 0) is 73.9 Å². The highest BCUT2D eigenvalue weighted by atomic mass is 19.1. The Labute approximate surface area is 209 Å². The van der Waals surface area contributed by atoms with Crippen molar-refractivity contribution < 1.29 is 4.39 Å². The van der Waals surface area contributed by atoms with Crippen LogP contribution >= 0.6 is 0 Å². The third kappa shape index (κ3) is 5.11. The second-order valence-corrected chi connectivity index (χ2v) is 10.5. The van der Waals surface area contributed by atoms with E-state index in [1.165, 1.54) is 48.8 Å². The van der Waals surface area contributed by atoms with Crippen LogP contribution in [0.4, 0.5) is 10.1 Å². The van der Waals surface area contributed by atoms with Gasteiger partial charge in [0.15, 0.2) is 0 Å². The number of halogens is 1. The SMILES string of the molecule is C/C(N)=C1/NCCC(Nc2cccc(C)c2F)c2cc(C3=CCN(C4CCCCC4)CC3)ccc21. The molecule has 3 aliphatic rings. The molecule has 4 N–H and O–H groups in total. The summed E-state index contributed by atoms with van der Waals surface area (Å²) in [4.78, 5) is 2.68. The lowest BCUT2D eigenvalue weighted by molar-refractivity contribution is 0.171. The first-order chi connectivity index (χ1) is 17.0. The first-order valence-corrected chi connectivity index (χ1v) is 13.3. The fourth-order valence-corrected chi connectivity index (χ4v) is 6.04. The van der Waals surface area contributed by atoms with E-state index in [0.717, 1.165) is 55.5 Å². The van der Waals surface area contributed by atoms with Gasteiger partial charge < -0.3 is 16.4 Å². The van der Waals surface area contributed by atoms with Crippen molar-refractivity contribution >= 4 is 17.0 Å². The number of hydrogen-bond acceptors (Lipinski definition) is 4. The van der Waals surface area contributed by atoms with Gasteiger partial charge in [0.2, 0.25) is 0 Å². The van der Waals surface area contributed by atoms with E-state index in [4.69, 9.17) is 5.73 Å². The molecule has 0 aromatic heterocycles. The number of allylic oxidation sites excluding steroid dienone is 1. The van der Waals surface area contributed by atoms with Gasteiger partial charge >= 0.3 is 0 Å². The minimum absolute atomic E-state index is 0.00599. The van der Waals surface area contributed by atoms with Crippen molar-refractivity contribution in [1.29, 1.82) is 0 Å². The summed E-state index contributed by atoms with van der Waals surface area (Å²) < 4.78 is 14.9. The van der Waals surface area contributed by atoms with Crippen molar-refractivity contribution in [2.45, 2.75) is 70.9 Å². The largest absolute Gasteiger partial charge is 0.401 e. The second kappa shape index (κ2) is 10.4. The van der Waals surface area contributed by atoms with Gasteiger partial charge in [0, 0.05) is 36.9 Å². The quantitative estimate of drug-likeness (QED) is 0.483. The van der Waals surface area contributed by atoms with Crippen molar-refractivity contribution in [2.24, 2.45) is 5.73 Å². The Morgan fingerprint density at radius 2 is 1.94 bits per heavy atom. The van der Waals surface area contributed by atoms with Crippen LogP contribution in [0.5, 0.6) is 0 Å². The summed E-state index contributed by atoms with van der Waals surface area (Å²) in [6, 6.07) is 13.1. The van der Waals surface area contributed by atoms with Gasteiger partial charge in [-0.1, -0.05) is 49.6 Å². The molecule has 0 saturated heterocycles. The van der Waals surface area contributed by atoms with Gasteiger partial charge in [-0.25, -0.2) is 4.39 Å². The highest BCUT2D eigenvalue weighted by molar-refractivity contribution is 5.75. The molecule has 5 heteroatoms. The van der Waals surface area contributed by atoms with Crippen LogP contribution in [0.15, 0.2) is 48.2 Å². The van der Waals surface area contributed by atoms with Crippen molar-refractivity contribution in [1.82, 2.24) is 10.2 Å². The molecule has 1 fully saturated rings. The summed E-state index contributed by atoms with van der Waals surface area (Å²) in [5.74, 6) is -0.175. The summed E-state index contributed by atoms with van der Waals surface area (Å²) >= 11 is 0. The highest BCUT2D eigenvalue weighted by Crippen LogP contribution is 2.36. The number of anilines is 1. The van der Waals surface area contributed by atoms with E-state index in [0.29, 0.717) is 11.3 Å². The molecule has 5 rings (SSSR count). The summed E-state index contributed by atoms with van der Waals surface area (Å²) in [5, 5.41) is 7.04. The van der Waals surface area contributed by atoms with E-state index in [-0.39, 0.29) is 11.9 Å². The molecule has 0 spiro atoms. The van der Waals surface area contributed by atoms with Crippen LogP contribution in [0, 0.1) is 12.7 Å². The van der Waals surface area contributed by atoms with Crippen LogP contribution in [0.3, 0.4) is 0 Å². The number of rotatable bonds is 4. The molecule has 2 aliphatic heterocycles. The van der Waals surface area contributed by atoms with Crippen molar-refractivity contribution in [2.75, 3.05) is 25.0 Å². The van der Waals surface area contributed by atoms with E-state index in [9.17, 15) is 4.39 Å². The number of nitrogens with two attached hydrogens (primary N) is 1. The van der Waals surface area contributed by atoms with E-state index < -0.39 is 0 Å². The van der Waals surface area contributed by atoms with Crippen LogP contribution in [0.2, 0.25) is 0 Å². The number of benzene rings is 2. The molecule has 186 valence electrons. The monoisotopic (exact) mass is 474 g/mol. The van der Waals surface area contributed by atoms with Gasteiger partial charge in [0.25, 0.3) is 0 Å². The van der Waals surface area contributed by atoms with Gasteiger partial charge in [-0.3, -0.25) is 4.90 Å². The fraction of sp³-hybridized carbons (Fsp3) is 0.467. The second-order valence-electron chi connectivity index (χ2n) is 10.5. The third-order valence-electron chi connectivity index (χ3n) is 8.05. The molecular formula is C30H39FN4. The van der Waals surface area contributed by atoms with Gasteiger partial charge in [0.1, 0.15) is 5.82 Å². The first kappa shape index (κ1) is 23.9. The molecule has 1 aliphatic carbocycles. The molecule has 1 unspecified atom stereocenters. The van der Waals surface area contributed by atoms with Crippen LogP contribution in [0.1, 0.15) is 80.2 Å². The molecule has 2 aromatic rings. The zero-order valence-corrected chi connectivity index (χ0v) is 21.2. The average molecular weight is 475 g/mol. The van der Waals surface area contributed by atoms with E-state index in [1.54, 1.807) is 0 Å². The zero-order valence-electron chi connectivity index (χ0n) is 21.2. The van der Waals surface area contributed by atoms with Crippen LogP contribution in [-0.2, 0) is 0 Å². The van der Waals surface area contributed by atoms with Gasteiger partial charge in [0.05, 0.1) is 17.4 Å². The Kier molecular flexibility index (Phi) is 7.14. The fourth-order valence-electron chi connectivity index (χ4n) is 6.04. The normalized spacial score (nSPS) is 23.1. The Hall–Kier alpha value is -2.79. The predicted octanol–water partition coefficient (Wildman–Crippen LogP) is 6.35. The Morgan fingerprint density at radius 1 is 1.11 bits per heavy atom. The number of hydrogen-bond donors (Lipinski definition) is 3. The smallest absolute Gasteiger partial charge is 0.149 e. The van der Waals surface area contributed by atoms with E-state index in [1.807, 2.05) is 32.0 Å². The summed E-state index contributed by atoms with van der Waals surface area (Å²) in [6.07, 6.45) is 11.2.